The fourth-order valence-corrected chi connectivity index (χ4v) is 6.14. The number of nitro groups is 1. The quantitative estimate of drug-likeness (QED) is 0.0214. The van der Waals surface area contributed by atoms with E-state index in [-0.39, 0.29) is 60.7 Å². The number of nitrogens with two attached hydrogens (primary N) is 3. The molecule has 4 rings (SSSR count). The summed E-state index contributed by atoms with van der Waals surface area (Å²) in [5.41, 5.74) is 17.3. The fraction of sp³-hybridized carbons (Fsp3) is 0.389. The Morgan fingerprint density at radius 1 is 0.909 bits per heavy atom. The summed E-state index contributed by atoms with van der Waals surface area (Å²) < 4.78 is 0. The largest absolute Gasteiger partial charge is 0.370 e. The Morgan fingerprint density at radius 2 is 1.58 bits per heavy atom. The van der Waals surface area contributed by atoms with Crippen molar-refractivity contribution < 1.29 is 28.9 Å². The number of aliphatic imine (C=N–C) groups is 1. The minimum atomic E-state index is -1.15. The number of hydrogen-bond acceptors (Lipinski definition) is 10. The number of hydrogen-bond donors (Lipinski definition) is 8. The molecule has 1 fully saturated rings. The second kappa shape index (κ2) is 20.5. The van der Waals surface area contributed by atoms with E-state index in [1.165, 1.54) is 24.3 Å². The third-order valence-electron chi connectivity index (χ3n) is 8.92. The number of guanidine groups is 1. The van der Waals surface area contributed by atoms with E-state index in [2.05, 4.69) is 41.4 Å². The van der Waals surface area contributed by atoms with Crippen LogP contribution in [0.15, 0.2) is 65.7 Å². The Labute approximate surface area is 316 Å². The minimum Gasteiger partial charge on any atom is -0.370 e. The van der Waals surface area contributed by atoms with Crippen LogP contribution in [0.4, 0.5) is 11.6 Å². The van der Waals surface area contributed by atoms with Gasteiger partial charge in [-0.3, -0.25) is 49.5 Å². The van der Waals surface area contributed by atoms with Gasteiger partial charge in [-0.05, 0) is 42.9 Å². The molecular weight excluding hydrogens is 712 g/mol. The Kier molecular flexibility index (Phi) is 15.4. The van der Waals surface area contributed by atoms with E-state index in [0.717, 1.165) is 43.7 Å². The maximum atomic E-state index is 13.9. The fourth-order valence-electron chi connectivity index (χ4n) is 6.14. The Balaban J connectivity index is 1.47. The lowest BCUT2D eigenvalue weighted by Crippen LogP contribution is -2.57. The van der Waals surface area contributed by atoms with E-state index in [4.69, 9.17) is 17.2 Å². The number of rotatable bonds is 19. The standard InChI is InChI=1S/C36H46N12O7/c37-30(50)26(20-22-10-3-1-4-11-22)42-32(51)25(15-9-19-40-35(38)39)41-33(52)27(21-23-12-5-2-6-13-23)43-34(53)31-45-36(47-46-31)44-29(49)18-17-24-14-7-8-16-28(24)48(54)55/h1,3-4,7-8,10-11,14,16-18,23,25-27H,2,5-6,9,12-13,15,19-21H2,(H2,37,50)(H,41,52)(H,42,51)(H,43,53)(H4,38,39,40)(H2,44,45,46,47,49)/b18-17+/t25-,26-,27-/m0/s1. The molecule has 0 bridgehead atoms. The monoisotopic (exact) mass is 758 g/mol. The lowest BCUT2D eigenvalue weighted by atomic mass is 9.84. The number of nitrogens with zero attached hydrogens (tertiary/aromatic N) is 4. The molecule has 19 nitrogen and oxygen atoms in total. The van der Waals surface area contributed by atoms with E-state index in [1.54, 1.807) is 30.3 Å². The third-order valence-corrected chi connectivity index (χ3v) is 8.92. The number of H-pyrrole nitrogens is 1. The Morgan fingerprint density at radius 3 is 2.27 bits per heavy atom. The number of aromatic amines is 1. The molecule has 292 valence electrons. The zero-order valence-electron chi connectivity index (χ0n) is 30.1. The molecule has 1 saturated carbocycles. The van der Waals surface area contributed by atoms with Crippen LogP contribution in [0.25, 0.3) is 6.08 Å². The minimum absolute atomic E-state index is 0.0898. The van der Waals surface area contributed by atoms with Gasteiger partial charge in [0, 0.05) is 25.1 Å². The first-order valence-corrected chi connectivity index (χ1v) is 17.8. The average molecular weight is 759 g/mol. The van der Waals surface area contributed by atoms with Gasteiger partial charge in [-0.2, -0.15) is 4.98 Å². The number of anilines is 1. The Hall–Kier alpha value is -6.66. The molecule has 19 heteroatoms. The molecule has 11 N–H and O–H groups in total. The second-order valence-corrected chi connectivity index (χ2v) is 13.1. The molecule has 5 amide bonds. The normalized spacial score (nSPS) is 14.5. The van der Waals surface area contributed by atoms with Crippen LogP contribution in [0.1, 0.15) is 73.1 Å². The first-order chi connectivity index (χ1) is 26.4. The molecule has 0 radical (unpaired) electrons. The molecule has 0 aliphatic heterocycles. The number of amides is 5. The number of primary amides is 1. The van der Waals surface area contributed by atoms with Crippen molar-refractivity contribution in [1.82, 2.24) is 31.1 Å². The number of carbonyl (C=O) groups excluding carboxylic acids is 5. The van der Waals surface area contributed by atoms with E-state index in [1.807, 2.05) is 6.07 Å². The zero-order chi connectivity index (χ0) is 39.7. The van der Waals surface area contributed by atoms with Crippen molar-refractivity contribution >= 4 is 53.2 Å². The molecule has 0 saturated heterocycles. The van der Waals surface area contributed by atoms with Crippen LogP contribution >= 0.6 is 0 Å². The van der Waals surface area contributed by atoms with Crippen LogP contribution in [0.3, 0.4) is 0 Å². The topological polar surface area (TPSA) is 309 Å². The van der Waals surface area contributed by atoms with E-state index < -0.39 is 52.6 Å². The molecule has 0 spiro atoms. The summed E-state index contributed by atoms with van der Waals surface area (Å²) in [4.78, 5) is 84.5. The van der Waals surface area contributed by atoms with Gasteiger partial charge < -0.3 is 33.2 Å². The summed E-state index contributed by atoms with van der Waals surface area (Å²) in [6, 6.07) is 11.5. The highest BCUT2D eigenvalue weighted by Crippen LogP contribution is 2.27. The highest BCUT2D eigenvalue weighted by molar-refractivity contribution is 6.02. The SMILES string of the molecule is NC(=O)[C@H](Cc1ccccc1)NC(=O)[C@H](CCCN=C(N)N)NC(=O)[C@H](CC1CCCCC1)NC(=O)c1nc(NC(=O)/C=C/c2ccccc2[N+](=O)[O-])n[nH]1. The number of para-hydroxylation sites is 1. The van der Waals surface area contributed by atoms with Crippen LogP contribution in [0, 0.1) is 16.0 Å². The third kappa shape index (κ3) is 13.4. The number of aromatic nitrogens is 3. The second-order valence-electron chi connectivity index (χ2n) is 13.1. The summed E-state index contributed by atoms with van der Waals surface area (Å²) in [6.45, 7) is 0.166. The maximum Gasteiger partial charge on any atom is 0.289 e. The number of nitrogens with one attached hydrogen (secondary N) is 5. The Bertz CT molecular complexity index is 1870. The highest BCUT2D eigenvalue weighted by Gasteiger charge is 2.32. The average Bonchev–Trinajstić information content (AvgIpc) is 3.63. The van der Waals surface area contributed by atoms with Crippen molar-refractivity contribution in [2.45, 2.75) is 75.9 Å². The summed E-state index contributed by atoms with van der Waals surface area (Å²) in [6.07, 6.45) is 7.78. The maximum absolute atomic E-state index is 13.9. The van der Waals surface area contributed by atoms with Gasteiger partial charge in [-0.25, -0.2) is 0 Å². The van der Waals surface area contributed by atoms with Crippen LogP contribution < -0.4 is 38.5 Å². The zero-order valence-corrected chi connectivity index (χ0v) is 30.1. The predicted octanol–water partition coefficient (Wildman–Crippen LogP) is 1.18. The van der Waals surface area contributed by atoms with Gasteiger partial charge in [-0.15, -0.1) is 5.10 Å². The van der Waals surface area contributed by atoms with Crippen molar-refractivity contribution in [3.63, 3.8) is 0 Å². The van der Waals surface area contributed by atoms with E-state index >= 15 is 0 Å². The van der Waals surface area contributed by atoms with Gasteiger partial charge >= 0.3 is 0 Å². The van der Waals surface area contributed by atoms with Crippen LogP contribution in [0.2, 0.25) is 0 Å². The molecule has 3 aromatic rings. The molecule has 1 aliphatic rings. The molecule has 1 heterocycles. The van der Waals surface area contributed by atoms with E-state index in [9.17, 15) is 34.1 Å². The van der Waals surface area contributed by atoms with Crippen molar-refractivity contribution in [2.24, 2.45) is 28.1 Å². The first-order valence-electron chi connectivity index (χ1n) is 17.8. The van der Waals surface area contributed by atoms with Crippen LogP contribution in [-0.4, -0.2) is 80.3 Å². The molecule has 1 aliphatic carbocycles. The molecule has 1 aromatic heterocycles. The molecule has 55 heavy (non-hydrogen) atoms. The molecule has 3 atom stereocenters. The van der Waals surface area contributed by atoms with Gasteiger partial charge in [0.1, 0.15) is 18.1 Å². The van der Waals surface area contributed by atoms with Crippen LogP contribution in [0.5, 0.6) is 0 Å². The van der Waals surface area contributed by atoms with Gasteiger partial charge in [0.25, 0.3) is 17.5 Å². The van der Waals surface area contributed by atoms with Crippen molar-refractivity contribution in [3.05, 3.63) is 87.7 Å². The van der Waals surface area contributed by atoms with Gasteiger partial charge in [0.2, 0.25) is 29.5 Å². The van der Waals surface area contributed by atoms with E-state index in [0.29, 0.717) is 6.42 Å². The lowest BCUT2D eigenvalue weighted by molar-refractivity contribution is -0.385. The number of benzene rings is 2. The number of carbonyl (C=O) groups is 5. The smallest absolute Gasteiger partial charge is 0.289 e. The summed E-state index contributed by atoms with van der Waals surface area (Å²) in [5.74, 6) is -4.18. The molecular formula is C36H46N12O7. The first kappa shape index (κ1) is 41.1. The summed E-state index contributed by atoms with van der Waals surface area (Å²) in [7, 11) is 0. The highest BCUT2D eigenvalue weighted by atomic mass is 16.6. The summed E-state index contributed by atoms with van der Waals surface area (Å²) >= 11 is 0. The van der Waals surface area contributed by atoms with Crippen molar-refractivity contribution in [1.29, 1.82) is 0 Å². The van der Waals surface area contributed by atoms with Gasteiger partial charge in [0.15, 0.2) is 5.96 Å². The lowest BCUT2D eigenvalue weighted by Gasteiger charge is -2.28. The predicted molar refractivity (Wildman–Crippen MR) is 203 cm³/mol. The van der Waals surface area contributed by atoms with Gasteiger partial charge in [0.05, 0.1) is 10.5 Å². The summed E-state index contributed by atoms with van der Waals surface area (Å²) in [5, 5.41) is 28.0. The van der Waals surface area contributed by atoms with Gasteiger partial charge in [-0.1, -0.05) is 74.6 Å². The molecule has 0 unspecified atom stereocenters. The number of nitro benzene ring substituents is 1. The van der Waals surface area contributed by atoms with Crippen LogP contribution in [-0.2, 0) is 25.6 Å². The molecule has 2 aromatic carbocycles. The van der Waals surface area contributed by atoms with Crippen molar-refractivity contribution in [2.75, 3.05) is 11.9 Å². The van der Waals surface area contributed by atoms with Crippen molar-refractivity contribution in [3.8, 4) is 0 Å².